The first-order valence-electron chi connectivity index (χ1n) is 7.54. The zero-order valence-corrected chi connectivity index (χ0v) is 13.9. The predicted octanol–water partition coefficient (Wildman–Crippen LogP) is 3.03. The minimum absolute atomic E-state index is 0. The van der Waals surface area contributed by atoms with Gasteiger partial charge < -0.3 is 10.6 Å². The van der Waals surface area contributed by atoms with Gasteiger partial charge in [-0.3, -0.25) is 4.79 Å². The van der Waals surface area contributed by atoms with Crippen molar-refractivity contribution < 1.29 is 4.79 Å². The van der Waals surface area contributed by atoms with Gasteiger partial charge in [0.2, 0.25) is 0 Å². The van der Waals surface area contributed by atoms with E-state index in [-0.39, 0.29) is 24.4 Å². The van der Waals surface area contributed by atoms with Gasteiger partial charge in [-0.2, -0.15) is 0 Å². The van der Waals surface area contributed by atoms with Gasteiger partial charge >= 0.3 is 0 Å². The number of rotatable bonds is 2. The van der Waals surface area contributed by atoms with Gasteiger partial charge in [-0.1, -0.05) is 24.3 Å². The molecule has 22 heavy (non-hydrogen) atoms. The Bertz CT molecular complexity index is 692. The average Bonchev–Trinajstić information content (AvgIpc) is 3.15. The van der Waals surface area contributed by atoms with Crippen molar-refractivity contribution in [3.05, 3.63) is 46.3 Å². The highest BCUT2D eigenvalue weighted by Gasteiger charge is 2.23. The van der Waals surface area contributed by atoms with Crippen molar-refractivity contribution >= 4 is 29.7 Å². The highest BCUT2D eigenvalue weighted by molar-refractivity contribution is 7.17. The smallest absolute Gasteiger partial charge is 0.261 e. The molecule has 3 nitrogen and oxygen atoms in total. The third-order valence-electron chi connectivity index (χ3n) is 4.35. The third kappa shape index (κ3) is 2.78. The number of carbonyl (C=O) groups excluding carboxylic acids is 1. The molecule has 1 aliphatic heterocycles. The largest absolute Gasteiger partial charge is 0.347 e. The number of fused-ring (bicyclic) bond motifs is 3. The Morgan fingerprint density at radius 2 is 2.05 bits per heavy atom. The van der Waals surface area contributed by atoms with Crippen LogP contribution in [-0.2, 0) is 12.8 Å². The van der Waals surface area contributed by atoms with Crippen molar-refractivity contribution in [2.45, 2.75) is 25.3 Å². The molecule has 2 aliphatic rings. The van der Waals surface area contributed by atoms with Crippen molar-refractivity contribution in [1.29, 1.82) is 0 Å². The summed E-state index contributed by atoms with van der Waals surface area (Å²) in [4.78, 5) is 14.5. The fraction of sp³-hybridized carbons (Fsp3) is 0.353. The fourth-order valence-electron chi connectivity index (χ4n) is 3.22. The Kier molecular flexibility index (Phi) is 4.52. The lowest BCUT2D eigenvalue weighted by Crippen LogP contribution is -2.35. The van der Waals surface area contributed by atoms with Crippen LogP contribution in [0.3, 0.4) is 0 Å². The number of thiophene rings is 1. The Labute approximate surface area is 140 Å². The Morgan fingerprint density at radius 1 is 1.23 bits per heavy atom. The summed E-state index contributed by atoms with van der Waals surface area (Å²) < 4.78 is 0. The zero-order valence-electron chi connectivity index (χ0n) is 12.2. The van der Waals surface area contributed by atoms with Crippen LogP contribution in [0.25, 0.3) is 10.4 Å². The number of carbonyl (C=O) groups is 1. The molecule has 2 N–H and O–H groups in total. The van der Waals surface area contributed by atoms with Crippen molar-refractivity contribution in [3.63, 3.8) is 0 Å². The molecule has 4 rings (SSSR count). The molecule has 2 aromatic rings. The maximum atomic E-state index is 12.4. The quantitative estimate of drug-likeness (QED) is 0.886. The van der Waals surface area contributed by atoms with E-state index in [1.807, 2.05) is 0 Å². The molecule has 1 aromatic carbocycles. The van der Waals surface area contributed by atoms with Crippen molar-refractivity contribution in [2.75, 3.05) is 13.1 Å². The number of halogens is 1. The van der Waals surface area contributed by atoms with E-state index in [9.17, 15) is 4.79 Å². The van der Waals surface area contributed by atoms with Gasteiger partial charge in [0, 0.05) is 17.5 Å². The van der Waals surface area contributed by atoms with Gasteiger partial charge in [-0.25, -0.2) is 0 Å². The second-order valence-electron chi connectivity index (χ2n) is 5.79. The maximum absolute atomic E-state index is 12.4. The molecule has 0 saturated carbocycles. The van der Waals surface area contributed by atoms with Crippen molar-refractivity contribution in [1.82, 2.24) is 10.6 Å². The summed E-state index contributed by atoms with van der Waals surface area (Å²) in [6, 6.07) is 10.9. The number of benzene rings is 1. The lowest BCUT2D eigenvalue weighted by molar-refractivity contribution is 0.0944. The molecule has 5 heteroatoms. The van der Waals surface area contributed by atoms with Gasteiger partial charge in [-0.05, 0) is 48.6 Å². The molecule has 0 bridgehead atoms. The van der Waals surface area contributed by atoms with E-state index in [4.69, 9.17) is 0 Å². The van der Waals surface area contributed by atoms with E-state index in [1.165, 1.54) is 21.6 Å². The predicted molar refractivity (Wildman–Crippen MR) is 93.2 cm³/mol. The molecular formula is C17H19ClN2OS. The molecular weight excluding hydrogens is 316 g/mol. The van der Waals surface area contributed by atoms with Gasteiger partial charge in [0.15, 0.2) is 0 Å². The highest BCUT2D eigenvalue weighted by atomic mass is 35.5. The second-order valence-corrected chi connectivity index (χ2v) is 6.84. The first-order chi connectivity index (χ1) is 10.3. The molecule has 0 spiro atoms. The van der Waals surface area contributed by atoms with Crippen LogP contribution in [0.1, 0.15) is 27.2 Å². The Hall–Kier alpha value is -1.36. The summed E-state index contributed by atoms with van der Waals surface area (Å²) in [6.07, 6.45) is 3.15. The van der Waals surface area contributed by atoms with Crippen LogP contribution in [0, 0.1) is 0 Å². The minimum atomic E-state index is 0. The fourth-order valence-corrected chi connectivity index (χ4v) is 4.39. The summed E-state index contributed by atoms with van der Waals surface area (Å²) in [6.45, 7) is 1.89. The van der Waals surface area contributed by atoms with Crippen LogP contribution >= 0.6 is 23.7 Å². The number of hydrogen-bond donors (Lipinski definition) is 2. The zero-order chi connectivity index (χ0) is 14.2. The maximum Gasteiger partial charge on any atom is 0.261 e. The highest BCUT2D eigenvalue weighted by Crippen LogP contribution is 2.39. The van der Waals surface area contributed by atoms with E-state index in [0.29, 0.717) is 0 Å². The molecule has 116 valence electrons. The van der Waals surface area contributed by atoms with Gasteiger partial charge in [0.05, 0.1) is 4.88 Å². The monoisotopic (exact) mass is 334 g/mol. The van der Waals surface area contributed by atoms with Crippen molar-refractivity contribution in [3.8, 4) is 10.4 Å². The minimum Gasteiger partial charge on any atom is -0.347 e. The van der Waals surface area contributed by atoms with E-state index < -0.39 is 0 Å². The molecule has 1 fully saturated rings. The summed E-state index contributed by atoms with van der Waals surface area (Å²) in [5, 5.41) is 6.42. The molecule has 1 saturated heterocycles. The van der Waals surface area contributed by atoms with E-state index in [2.05, 4.69) is 41.0 Å². The topological polar surface area (TPSA) is 41.1 Å². The molecule has 1 unspecified atom stereocenters. The summed E-state index contributed by atoms with van der Waals surface area (Å²) in [5.74, 6) is 0.0839. The van der Waals surface area contributed by atoms with Crippen LogP contribution in [0.2, 0.25) is 0 Å². The molecule has 1 atom stereocenters. The second kappa shape index (κ2) is 6.41. The Balaban J connectivity index is 0.00000144. The van der Waals surface area contributed by atoms with Crippen LogP contribution < -0.4 is 10.6 Å². The molecule has 1 aliphatic carbocycles. The van der Waals surface area contributed by atoms with E-state index >= 15 is 0 Å². The number of amides is 1. The standard InChI is InChI=1S/C17H18N2OS.ClH/c20-17(19-13-7-8-18-10-13)15-9-12-6-5-11-3-1-2-4-14(11)16(12)21-15;/h1-4,9,13,18H,5-8,10H2,(H,19,20);1H. The summed E-state index contributed by atoms with van der Waals surface area (Å²) >= 11 is 1.64. The van der Waals surface area contributed by atoms with Gasteiger partial charge in [0.1, 0.15) is 0 Å². The number of nitrogens with one attached hydrogen (secondary N) is 2. The lowest BCUT2D eigenvalue weighted by Gasteiger charge is -2.15. The molecule has 2 heterocycles. The van der Waals surface area contributed by atoms with Gasteiger partial charge in [-0.15, -0.1) is 23.7 Å². The van der Waals surface area contributed by atoms with Crippen molar-refractivity contribution in [2.24, 2.45) is 0 Å². The number of aryl methyl sites for hydroxylation is 2. The normalized spacial score (nSPS) is 19.0. The van der Waals surface area contributed by atoms with E-state index in [1.54, 1.807) is 11.3 Å². The summed E-state index contributed by atoms with van der Waals surface area (Å²) in [7, 11) is 0. The molecule has 1 aromatic heterocycles. The van der Waals surface area contributed by atoms with Crippen LogP contribution in [0.15, 0.2) is 30.3 Å². The average molecular weight is 335 g/mol. The van der Waals surface area contributed by atoms with Crippen LogP contribution in [0.4, 0.5) is 0 Å². The Morgan fingerprint density at radius 3 is 2.86 bits per heavy atom. The van der Waals surface area contributed by atoms with Crippen LogP contribution in [0.5, 0.6) is 0 Å². The van der Waals surface area contributed by atoms with Crippen LogP contribution in [-0.4, -0.2) is 25.0 Å². The molecule has 0 radical (unpaired) electrons. The van der Waals surface area contributed by atoms with Gasteiger partial charge in [0.25, 0.3) is 5.91 Å². The number of hydrogen-bond acceptors (Lipinski definition) is 3. The SMILES string of the molecule is Cl.O=C(NC1CCNC1)c1cc2c(s1)-c1ccccc1CC2. The molecule has 1 amide bonds. The lowest BCUT2D eigenvalue weighted by atomic mass is 9.91. The summed E-state index contributed by atoms with van der Waals surface area (Å²) in [5.41, 5.74) is 4.04. The van der Waals surface area contributed by atoms with E-state index in [0.717, 1.165) is 37.2 Å². The first kappa shape index (κ1) is 15.5. The first-order valence-corrected chi connectivity index (χ1v) is 8.35. The third-order valence-corrected chi connectivity index (χ3v) is 5.56.